The summed E-state index contributed by atoms with van der Waals surface area (Å²) in [6, 6.07) is 18.5. The molecule has 5 nitrogen and oxygen atoms in total. The first kappa shape index (κ1) is 21.2. The maximum Gasteiger partial charge on any atom is 0.255 e. The van der Waals surface area contributed by atoms with Crippen LogP contribution in [0.2, 0.25) is 0 Å². The molecule has 0 aliphatic carbocycles. The van der Waals surface area contributed by atoms with Crippen molar-refractivity contribution >= 4 is 21.6 Å². The summed E-state index contributed by atoms with van der Waals surface area (Å²) < 4.78 is 42.3. The number of fused-ring (bicyclic) bond motifs is 1. The van der Waals surface area contributed by atoms with E-state index in [1.54, 1.807) is 6.07 Å². The Morgan fingerprint density at radius 2 is 1.74 bits per heavy atom. The van der Waals surface area contributed by atoms with Crippen LogP contribution in [0, 0.1) is 5.82 Å². The minimum atomic E-state index is -4.10. The van der Waals surface area contributed by atoms with E-state index in [0.29, 0.717) is 12.1 Å². The predicted molar refractivity (Wildman–Crippen MR) is 118 cm³/mol. The number of nitrogens with zero attached hydrogens (tertiary/aromatic N) is 1. The molecule has 0 saturated carbocycles. The first-order valence-electron chi connectivity index (χ1n) is 10.2. The smallest absolute Gasteiger partial charge is 0.255 e. The largest absolute Gasteiger partial charge is 0.322 e. The lowest BCUT2D eigenvalue weighted by molar-refractivity contribution is 0.102. The first-order chi connectivity index (χ1) is 14.9. The van der Waals surface area contributed by atoms with Crippen LogP contribution >= 0.6 is 0 Å². The number of hydrogen-bond acceptors (Lipinski definition) is 3. The molecule has 0 fully saturated rings. The normalized spacial score (nSPS) is 14.1. The molecule has 3 aromatic carbocycles. The number of amides is 1. The van der Waals surface area contributed by atoms with E-state index in [-0.39, 0.29) is 18.7 Å². The Balaban J connectivity index is 1.62. The van der Waals surface area contributed by atoms with Crippen LogP contribution in [0.25, 0.3) is 0 Å². The number of para-hydroxylation sites is 1. The molecule has 1 amide bonds. The fraction of sp³-hybridized carbons (Fsp3) is 0.208. The molecule has 0 atom stereocenters. The van der Waals surface area contributed by atoms with Crippen LogP contribution in [-0.4, -0.2) is 25.2 Å². The number of benzene rings is 3. The van der Waals surface area contributed by atoms with Crippen molar-refractivity contribution in [2.45, 2.75) is 31.2 Å². The monoisotopic (exact) mass is 438 g/mol. The standard InChI is InChI=1S/C24H23FN2O3S/c1-2-17-7-5-6-10-22(17)26-24(28)19-11-12-21(25)23(15-19)31(29,30)27-14-13-18-8-3-4-9-20(18)16-27/h3-12,15H,2,13-14,16H2,1H3,(H,26,28). The molecule has 1 aliphatic rings. The minimum Gasteiger partial charge on any atom is -0.322 e. The summed E-state index contributed by atoms with van der Waals surface area (Å²) in [5, 5.41) is 2.80. The van der Waals surface area contributed by atoms with E-state index >= 15 is 0 Å². The lowest BCUT2D eigenvalue weighted by Crippen LogP contribution is -2.36. The number of halogens is 1. The quantitative estimate of drug-likeness (QED) is 0.643. The van der Waals surface area contributed by atoms with Gasteiger partial charge in [-0.2, -0.15) is 4.31 Å². The van der Waals surface area contributed by atoms with Crippen LogP contribution in [-0.2, 0) is 29.4 Å². The van der Waals surface area contributed by atoms with Crippen LogP contribution in [0.1, 0.15) is 34.0 Å². The van der Waals surface area contributed by atoms with Gasteiger partial charge in [-0.1, -0.05) is 49.4 Å². The number of rotatable bonds is 5. The molecule has 1 N–H and O–H groups in total. The van der Waals surface area contributed by atoms with Gasteiger partial charge >= 0.3 is 0 Å². The van der Waals surface area contributed by atoms with Crippen molar-refractivity contribution in [2.75, 3.05) is 11.9 Å². The summed E-state index contributed by atoms with van der Waals surface area (Å²) in [6.45, 7) is 2.42. The maximum atomic E-state index is 14.6. The van der Waals surface area contributed by atoms with E-state index in [0.717, 1.165) is 35.2 Å². The molecule has 1 aliphatic heterocycles. The van der Waals surface area contributed by atoms with Crippen molar-refractivity contribution in [3.63, 3.8) is 0 Å². The third-order valence-corrected chi connectivity index (χ3v) is 7.41. The molecule has 0 unspecified atom stereocenters. The van der Waals surface area contributed by atoms with Crippen LogP contribution in [0.5, 0.6) is 0 Å². The lowest BCUT2D eigenvalue weighted by Gasteiger charge is -2.28. The van der Waals surface area contributed by atoms with Gasteiger partial charge in [-0.05, 0) is 53.8 Å². The molecule has 0 spiro atoms. The van der Waals surface area contributed by atoms with Gasteiger partial charge in [0.2, 0.25) is 10.0 Å². The Morgan fingerprint density at radius 1 is 1.03 bits per heavy atom. The predicted octanol–water partition coefficient (Wildman–Crippen LogP) is 4.39. The van der Waals surface area contributed by atoms with E-state index < -0.39 is 26.6 Å². The SMILES string of the molecule is CCc1ccccc1NC(=O)c1ccc(F)c(S(=O)(=O)N2CCc3ccccc3C2)c1. The highest BCUT2D eigenvalue weighted by Crippen LogP contribution is 2.27. The third-order valence-electron chi connectivity index (χ3n) is 5.55. The molecule has 0 bridgehead atoms. The highest BCUT2D eigenvalue weighted by atomic mass is 32.2. The summed E-state index contributed by atoms with van der Waals surface area (Å²) in [5.41, 5.74) is 3.69. The summed E-state index contributed by atoms with van der Waals surface area (Å²) in [5.74, 6) is -1.36. The number of carbonyl (C=O) groups is 1. The molecule has 31 heavy (non-hydrogen) atoms. The highest BCUT2D eigenvalue weighted by Gasteiger charge is 2.31. The average Bonchev–Trinajstić information content (AvgIpc) is 2.79. The average molecular weight is 439 g/mol. The van der Waals surface area contributed by atoms with Crippen LogP contribution in [0.3, 0.4) is 0 Å². The highest BCUT2D eigenvalue weighted by molar-refractivity contribution is 7.89. The Labute approximate surface area is 181 Å². The second kappa shape index (κ2) is 8.61. The van der Waals surface area contributed by atoms with Crippen molar-refractivity contribution in [3.05, 3.63) is 94.8 Å². The molecule has 1 heterocycles. The van der Waals surface area contributed by atoms with Gasteiger partial charge in [-0.25, -0.2) is 12.8 Å². The van der Waals surface area contributed by atoms with Gasteiger partial charge in [0.15, 0.2) is 0 Å². The number of hydrogen-bond donors (Lipinski definition) is 1. The van der Waals surface area contributed by atoms with Gasteiger partial charge in [0.05, 0.1) is 0 Å². The summed E-state index contributed by atoms with van der Waals surface area (Å²) in [6.07, 6.45) is 1.29. The van der Waals surface area contributed by atoms with E-state index in [1.807, 2.05) is 49.4 Å². The van der Waals surface area contributed by atoms with Crippen molar-refractivity contribution in [1.82, 2.24) is 4.31 Å². The molecule has 0 radical (unpaired) electrons. The second-order valence-corrected chi connectivity index (χ2v) is 9.37. The first-order valence-corrected chi connectivity index (χ1v) is 11.6. The zero-order chi connectivity index (χ0) is 22.0. The fourth-order valence-corrected chi connectivity index (χ4v) is 5.31. The van der Waals surface area contributed by atoms with Gasteiger partial charge in [-0.3, -0.25) is 4.79 Å². The summed E-state index contributed by atoms with van der Waals surface area (Å²) in [7, 11) is -4.10. The van der Waals surface area contributed by atoms with E-state index in [2.05, 4.69) is 5.32 Å². The van der Waals surface area contributed by atoms with Crippen molar-refractivity contribution in [3.8, 4) is 0 Å². The second-order valence-electron chi connectivity index (χ2n) is 7.47. The van der Waals surface area contributed by atoms with Gasteiger partial charge in [0.1, 0.15) is 10.7 Å². The number of sulfonamides is 1. The molecule has 0 saturated heterocycles. The van der Waals surface area contributed by atoms with Crippen molar-refractivity contribution < 1.29 is 17.6 Å². The van der Waals surface area contributed by atoms with E-state index in [1.165, 1.54) is 10.4 Å². The van der Waals surface area contributed by atoms with Gasteiger partial charge in [0.25, 0.3) is 5.91 Å². The lowest BCUT2D eigenvalue weighted by atomic mass is 10.0. The van der Waals surface area contributed by atoms with Gasteiger partial charge in [0, 0.05) is 24.3 Å². The Hall–Kier alpha value is -3.03. The maximum absolute atomic E-state index is 14.6. The molecule has 4 rings (SSSR count). The van der Waals surface area contributed by atoms with Crippen LogP contribution in [0.4, 0.5) is 10.1 Å². The van der Waals surface area contributed by atoms with Crippen LogP contribution < -0.4 is 5.32 Å². The number of nitrogens with one attached hydrogen (secondary N) is 1. The fourth-order valence-electron chi connectivity index (χ4n) is 3.80. The third kappa shape index (κ3) is 4.24. The summed E-state index contributed by atoms with van der Waals surface area (Å²) >= 11 is 0. The zero-order valence-electron chi connectivity index (χ0n) is 17.1. The molecule has 3 aromatic rings. The van der Waals surface area contributed by atoms with Gasteiger partial charge in [-0.15, -0.1) is 0 Å². The molecular weight excluding hydrogens is 415 g/mol. The Morgan fingerprint density at radius 3 is 2.52 bits per heavy atom. The summed E-state index contributed by atoms with van der Waals surface area (Å²) in [4.78, 5) is 12.3. The van der Waals surface area contributed by atoms with E-state index in [4.69, 9.17) is 0 Å². The topological polar surface area (TPSA) is 66.5 Å². The van der Waals surface area contributed by atoms with Crippen LogP contribution in [0.15, 0.2) is 71.6 Å². The number of aryl methyl sites for hydroxylation is 1. The molecule has 160 valence electrons. The van der Waals surface area contributed by atoms with Gasteiger partial charge < -0.3 is 5.32 Å². The molecule has 7 heteroatoms. The van der Waals surface area contributed by atoms with E-state index in [9.17, 15) is 17.6 Å². The minimum absolute atomic E-state index is 0.0864. The Bertz CT molecular complexity index is 1240. The zero-order valence-corrected chi connectivity index (χ0v) is 18.0. The molecular formula is C24H23FN2O3S. The van der Waals surface area contributed by atoms with Crippen molar-refractivity contribution in [1.29, 1.82) is 0 Å². The molecule has 0 aromatic heterocycles. The number of carbonyl (C=O) groups excluding carboxylic acids is 1. The van der Waals surface area contributed by atoms with Crippen molar-refractivity contribution in [2.24, 2.45) is 0 Å². The Kier molecular flexibility index (Phi) is 5.89. The number of anilines is 1.